The summed E-state index contributed by atoms with van der Waals surface area (Å²) in [5.41, 5.74) is 2.76. The van der Waals surface area contributed by atoms with Crippen LogP contribution in [0.5, 0.6) is 0 Å². The fourth-order valence-electron chi connectivity index (χ4n) is 3.08. The Hall–Kier alpha value is -1.57. The van der Waals surface area contributed by atoms with E-state index < -0.39 is 5.60 Å². The molecule has 0 heterocycles. The number of hydrogen-bond donors (Lipinski definition) is 0. The minimum Gasteiger partial charge on any atom is -0.455 e. The molecule has 1 aromatic rings. The predicted octanol–water partition coefficient (Wildman–Crippen LogP) is 4.39. The number of fused-ring (bicyclic) bond motifs is 1. The average molecular weight is 272 g/mol. The second-order valence-corrected chi connectivity index (χ2v) is 5.98. The minimum atomic E-state index is -0.452. The van der Waals surface area contributed by atoms with Gasteiger partial charge in [-0.15, -0.1) is 0 Å². The van der Waals surface area contributed by atoms with Crippen LogP contribution >= 0.6 is 0 Å². The Balaban J connectivity index is 2.33. The summed E-state index contributed by atoms with van der Waals surface area (Å²) in [4.78, 5) is 12.0. The highest BCUT2D eigenvalue weighted by atomic mass is 16.6. The maximum absolute atomic E-state index is 12.0. The van der Waals surface area contributed by atoms with E-state index in [-0.39, 0.29) is 11.9 Å². The van der Waals surface area contributed by atoms with E-state index in [0.29, 0.717) is 5.57 Å². The maximum Gasteiger partial charge on any atom is 0.333 e. The first-order valence-electron chi connectivity index (χ1n) is 7.44. The molecule has 108 valence electrons. The quantitative estimate of drug-likeness (QED) is 0.600. The van der Waals surface area contributed by atoms with Crippen LogP contribution in [0.15, 0.2) is 36.4 Å². The normalized spacial score (nSPS) is 20.6. The van der Waals surface area contributed by atoms with Crippen molar-refractivity contribution in [1.82, 2.24) is 0 Å². The van der Waals surface area contributed by atoms with Crippen molar-refractivity contribution in [2.45, 2.75) is 58.0 Å². The van der Waals surface area contributed by atoms with Gasteiger partial charge in [0.25, 0.3) is 0 Å². The van der Waals surface area contributed by atoms with Gasteiger partial charge in [-0.25, -0.2) is 4.79 Å². The molecule has 2 atom stereocenters. The van der Waals surface area contributed by atoms with Crippen molar-refractivity contribution < 1.29 is 9.53 Å². The van der Waals surface area contributed by atoms with Gasteiger partial charge in [-0.3, -0.25) is 0 Å². The summed E-state index contributed by atoms with van der Waals surface area (Å²) in [6, 6.07) is 8.54. The average Bonchev–Trinajstić information content (AvgIpc) is 2.46. The van der Waals surface area contributed by atoms with Gasteiger partial charge in [-0.1, -0.05) is 37.8 Å². The number of esters is 1. The third-order valence-electron chi connectivity index (χ3n) is 4.48. The van der Waals surface area contributed by atoms with E-state index >= 15 is 0 Å². The number of hydrogen-bond acceptors (Lipinski definition) is 2. The van der Waals surface area contributed by atoms with E-state index in [2.05, 4.69) is 44.7 Å². The highest BCUT2D eigenvalue weighted by Crippen LogP contribution is 2.42. The summed E-state index contributed by atoms with van der Waals surface area (Å²) < 4.78 is 5.81. The minimum absolute atomic E-state index is 0.278. The number of carbonyl (C=O) groups is 1. The Morgan fingerprint density at radius 2 is 2.15 bits per heavy atom. The molecule has 0 aromatic heterocycles. The van der Waals surface area contributed by atoms with Crippen LogP contribution in [0, 0.1) is 0 Å². The van der Waals surface area contributed by atoms with Crippen molar-refractivity contribution in [3.05, 3.63) is 47.5 Å². The molecule has 1 aliphatic rings. The second-order valence-electron chi connectivity index (χ2n) is 5.98. The monoisotopic (exact) mass is 272 g/mol. The molecular formula is C18H24O2. The number of aryl methyl sites for hydroxylation is 1. The Labute approximate surface area is 121 Å². The van der Waals surface area contributed by atoms with E-state index in [4.69, 9.17) is 4.74 Å². The molecule has 0 aliphatic heterocycles. The lowest BCUT2D eigenvalue weighted by atomic mass is 9.73. The lowest BCUT2D eigenvalue weighted by Crippen LogP contribution is -2.39. The van der Waals surface area contributed by atoms with Crippen LogP contribution in [0.1, 0.15) is 57.1 Å². The summed E-state index contributed by atoms with van der Waals surface area (Å²) >= 11 is 0. The third-order valence-corrected chi connectivity index (χ3v) is 4.48. The zero-order chi connectivity index (χ0) is 14.8. The molecule has 1 aromatic carbocycles. The van der Waals surface area contributed by atoms with Gasteiger partial charge in [-0.2, -0.15) is 0 Å². The van der Waals surface area contributed by atoms with Gasteiger partial charge in [-0.05, 0) is 50.7 Å². The predicted molar refractivity (Wildman–Crippen MR) is 81.7 cm³/mol. The van der Waals surface area contributed by atoms with Crippen LogP contribution in [0.25, 0.3) is 0 Å². The van der Waals surface area contributed by atoms with Crippen LogP contribution in [-0.4, -0.2) is 11.6 Å². The summed E-state index contributed by atoms with van der Waals surface area (Å²) in [7, 11) is 0. The molecule has 2 rings (SSSR count). The number of rotatable bonds is 4. The van der Waals surface area contributed by atoms with Gasteiger partial charge in [0, 0.05) is 11.5 Å². The molecular weight excluding hydrogens is 248 g/mol. The highest BCUT2D eigenvalue weighted by Gasteiger charge is 2.39. The van der Waals surface area contributed by atoms with Crippen LogP contribution in [-0.2, 0) is 16.0 Å². The molecule has 0 N–H and O–H groups in total. The Kier molecular flexibility index (Phi) is 4.32. The summed E-state index contributed by atoms with van der Waals surface area (Å²) in [6.45, 7) is 9.53. The Morgan fingerprint density at radius 3 is 2.80 bits per heavy atom. The van der Waals surface area contributed by atoms with E-state index in [0.717, 1.165) is 25.7 Å². The van der Waals surface area contributed by atoms with Gasteiger partial charge in [0.05, 0.1) is 0 Å². The molecule has 0 amide bonds. The molecule has 20 heavy (non-hydrogen) atoms. The second kappa shape index (κ2) is 5.82. The standard InChI is InChI=1S/C18H24O2/c1-5-18(4,20-17(19)13(2)3)16-12-8-10-14-9-6-7-11-15(14)16/h6-7,9,11,16H,2,5,8,10,12H2,1,3-4H3. The smallest absolute Gasteiger partial charge is 0.333 e. The summed E-state index contributed by atoms with van der Waals surface area (Å²) in [5.74, 6) is -0.00171. The number of benzene rings is 1. The fourth-order valence-corrected chi connectivity index (χ4v) is 3.08. The van der Waals surface area contributed by atoms with Gasteiger partial charge in [0.15, 0.2) is 0 Å². The zero-order valence-electron chi connectivity index (χ0n) is 12.7. The molecule has 0 radical (unpaired) electrons. The van der Waals surface area contributed by atoms with Gasteiger partial charge in [0.1, 0.15) is 5.60 Å². The lowest BCUT2D eigenvalue weighted by Gasteiger charge is -2.40. The van der Waals surface area contributed by atoms with Gasteiger partial charge < -0.3 is 4.74 Å². The molecule has 0 bridgehead atoms. The first-order chi connectivity index (χ1) is 9.48. The van der Waals surface area contributed by atoms with Crippen LogP contribution < -0.4 is 0 Å². The molecule has 0 fully saturated rings. The zero-order valence-corrected chi connectivity index (χ0v) is 12.7. The summed E-state index contributed by atoms with van der Waals surface area (Å²) in [5, 5.41) is 0. The Bertz CT molecular complexity index is 518. The van der Waals surface area contributed by atoms with Crippen molar-refractivity contribution in [1.29, 1.82) is 0 Å². The van der Waals surface area contributed by atoms with Crippen molar-refractivity contribution in [2.75, 3.05) is 0 Å². The van der Waals surface area contributed by atoms with Crippen LogP contribution in [0.3, 0.4) is 0 Å². The first kappa shape index (κ1) is 14.8. The SMILES string of the molecule is C=C(C)C(=O)OC(C)(CC)C1CCCc2ccccc21. The number of carbonyl (C=O) groups excluding carboxylic acids is 1. The molecule has 2 nitrogen and oxygen atoms in total. The fraction of sp³-hybridized carbons (Fsp3) is 0.500. The molecule has 2 heteroatoms. The van der Waals surface area contributed by atoms with Gasteiger partial charge in [0.2, 0.25) is 0 Å². The van der Waals surface area contributed by atoms with E-state index in [1.54, 1.807) is 6.92 Å². The molecule has 0 spiro atoms. The molecule has 2 unspecified atom stereocenters. The maximum atomic E-state index is 12.0. The highest BCUT2D eigenvalue weighted by molar-refractivity contribution is 5.87. The van der Waals surface area contributed by atoms with E-state index in [1.165, 1.54) is 11.1 Å². The first-order valence-corrected chi connectivity index (χ1v) is 7.44. The van der Waals surface area contributed by atoms with E-state index in [1.807, 2.05) is 0 Å². The Morgan fingerprint density at radius 1 is 1.45 bits per heavy atom. The lowest BCUT2D eigenvalue weighted by molar-refractivity contribution is -0.156. The van der Waals surface area contributed by atoms with Crippen molar-refractivity contribution in [3.63, 3.8) is 0 Å². The number of ether oxygens (including phenoxy) is 1. The van der Waals surface area contributed by atoms with Crippen molar-refractivity contribution in [2.24, 2.45) is 0 Å². The van der Waals surface area contributed by atoms with Crippen LogP contribution in [0.2, 0.25) is 0 Å². The van der Waals surface area contributed by atoms with E-state index in [9.17, 15) is 4.79 Å². The topological polar surface area (TPSA) is 26.3 Å². The molecule has 0 saturated heterocycles. The third kappa shape index (κ3) is 2.79. The van der Waals surface area contributed by atoms with Crippen molar-refractivity contribution >= 4 is 5.97 Å². The van der Waals surface area contributed by atoms with Crippen molar-refractivity contribution in [3.8, 4) is 0 Å². The molecule has 0 saturated carbocycles. The van der Waals surface area contributed by atoms with Gasteiger partial charge >= 0.3 is 5.97 Å². The molecule has 1 aliphatic carbocycles. The summed E-state index contributed by atoms with van der Waals surface area (Å²) in [6.07, 6.45) is 4.17. The van der Waals surface area contributed by atoms with Crippen LogP contribution in [0.4, 0.5) is 0 Å². The largest absolute Gasteiger partial charge is 0.455 e.